The zero-order valence-corrected chi connectivity index (χ0v) is 8.64. The Labute approximate surface area is 94.7 Å². The predicted molar refractivity (Wildman–Crippen MR) is 62.2 cm³/mol. The van der Waals surface area contributed by atoms with Gasteiger partial charge in [-0.2, -0.15) is 5.10 Å². The van der Waals surface area contributed by atoms with E-state index in [1.165, 1.54) is 6.07 Å². The molecule has 3 rings (SSSR count). The van der Waals surface area contributed by atoms with Gasteiger partial charge in [-0.05, 0) is 18.2 Å². The summed E-state index contributed by atoms with van der Waals surface area (Å²) in [5.41, 5.74) is 7.14. The van der Waals surface area contributed by atoms with Crippen LogP contribution in [0.1, 0.15) is 0 Å². The van der Waals surface area contributed by atoms with Crippen LogP contribution < -0.4 is 11.3 Å². The number of rotatable bonds is 1. The van der Waals surface area contributed by atoms with E-state index in [1.54, 1.807) is 18.2 Å². The van der Waals surface area contributed by atoms with E-state index in [-0.39, 0.29) is 5.56 Å². The van der Waals surface area contributed by atoms with Gasteiger partial charge in [0.1, 0.15) is 11.5 Å². The number of hydrogen-bond donors (Lipinski definition) is 3. The van der Waals surface area contributed by atoms with Crippen LogP contribution >= 0.6 is 0 Å². The zero-order valence-electron chi connectivity index (χ0n) is 8.64. The Balaban J connectivity index is 2.17. The lowest BCUT2D eigenvalue weighted by molar-refractivity contribution is 0.985. The highest BCUT2D eigenvalue weighted by Crippen LogP contribution is 2.16. The minimum absolute atomic E-state index is 0.257. The van der Waals surface area contributed by atoms with Crippen molar-refractivity contribution in [2.75, 3.05) is 5.73 Å². The third-order valence-corrected chi connectivity index (χ3v) is 2.29. The summed E-state index contributed by atoms with van der Waals surface area (Å²) in [5, 5.41) is 6.22. The SMILES string of the molecule is Nc1ccc2[nH]c(-c3ccc(=O)[nH]n3)nc2n1. The summed E-state index contributed by atoms with van der Waals surface area (Å²) in [7, 11) is 0. The van der Waals surface area contributed by atoms with E-state index in [0.717, 1.165) is 5.52 Å². The van der Waals surface area contributed by atoms with Crippen molar-refractivity contribution in [1.29, 1.82) is 0 Å². The van der Waals surface area contributed by atoms with Crippen LogP contribution in [0, 0.1) is 0 Å². The number of nitrogens with one attached hydrogen (secondary N) is 2. The van der Waals surface area contributed by atoms with Gasteiger partial charge in [0.05, 0.1) is 5.52 Å². The molecule has 0 fully saturated rings. The first-order valence-corrected chi connectivity index (χ1v) is 4.91. The van der Waals surface area contributed by atoms with Gasteiger partial charge in [0.15, 0.2) is 11.5 Å². The lowest BCUT2D eigenvalue weighted by atomic mass is 10.4. The van der Waals surface area contributed by atoms with Crippen molar-refractivity contribution < 1.29 is 0 Å². The molecule has 0 aliphatic rings. The molecule has 0 bridgehead atoms. The molecule has 0 aliphatic heterocycles. The molecule has 3 aromatic rings. The van der Waals surface area contributed by atoms with Gasteiger partial charge in [0.2, 0.25) is 0 Å². The molecular formula is C10H8N6O. The maximum Gasteiger partial charge on any atom is 0.264 e. The molecule has 7 heteroatoms. The number of pyridine rings is 1. The topological polar surface area (TPSA) is 113 Å². The highest BCUT2D eigenvalue weighted by molar-refractivity contribution is 5.76. The summed E-state index contributed by atoms with van der Waals surface area (Å²) < 4.78 is 0. The lowest BCUT2D eigenvalue weighted by Crippen LogP contribution is -2.05. The Hall–Kier alpha value is -2.70. The third kappa shape index (κ3) is 1.63. The first-order valence-electron chi connectivity index (χ1n) is 4.91. The van der Waals surface area contributed by atoms with E-state index >= 15 is 0 Å². The summed E-state index contributed by atoms with van der Waals surface area (Å²) in [5.74, 6) is 0.944. The number of anilines is 1. The normalized spacial score (nSPS) is 10.8. The Morgan fingerprint density at radius 2 is 2.00 bits per heavy atom. The fourth-order valence-corrected chi connectivity index (χ4v) is 1.50. The van der Waals surface area contributed by atoms with Gasteiger partial charge < -0.3 is 10.7 Å². The van der Waals surface area contributed by atoms with Crippen LogP contribution in [-0.2, 0) is 0 Å². The Kier molecular flexibility index (Phi) is 1.91. The average Bonchev–Trinajstić information content (AvgIpc) is 2.72. The summed E-state index contributed by atoms with van der Waals surface area (Å²) in [4.78, 5) is 22.3. The van der Waals surface area contributed by atoms with E-state index in [2.05, 4.69) is 25.1 Å². The molecule has 0 atom stereocenters. The number of imidazole rings is 1. The van der Waals surface area contributed by atoms with Crippen LogP contribution in [0.2, 0.25) is 0 Å². The van der Waals surface area contributed by atoms with Gasteiger partial charge in [-0.25, -0.2) is 15.1 Å². The van der Waals surface area contributed by atoms with Crippen molar-refractivity contribution in [3.8, 4) is 11.5 Å². The van der Waals surface area contributed by atoms with Gasteiger partial charge >= 0.3 is 0 Å². The van der Waals surface area contributed by atoms with Crippen LogP contribution in [0.5, 0.6) is 0 Å². The van der Waals surface area contributed by atoms with Gasteiger partial charge in [-0.15, -0.1) is 0 Å². The second kappa shape index (κ2) is 3.41. The molecule has 0 saturated carbocycles. The summed E-state index contributed by atoms with van der Waals surface area (Å²) in [6, 6.07) is 6.45. The molecule has 0 saturated heterocycles. The lowest BCUT2D eigenvalue weighted by Gasteiger charge is -1.91. The summed E-state index contributed by atoms with van der Waals surface area (Å²) in [6.45, 7) is 0. The van der Waals surface area contributed by atoms with Gasteiger partial charge in [0.25, 0.3) is 5.56 Å². The molecule has 4 N–H and O–H groups in total. The minimum atomic E-state index is -0.257. The Bertz CT molecular complexity index is 723. The van der Waals surface area contributed by atoms with Crippen LogP contribution in [0.15, 0.2) is 29.1 Å². The van der Waals surface area contributed by atoms with Crippen molar-refractivity contribution in [3.05, 3.63) is 34.6 Å². The van der Waals surface area contributed by atoms with Crippen molar-refractivity contribution in [1.82, 2.24) is 25.1 Å². The minimum Gasteiger partial charge on any atom is -0.384 e. The van der Waals surface area contributed by atoms with Gasteiger partial charge in [0, 0.05) is 6.07 Å². The van der Waals surface area contributed by atoms with Crippen LogP contribution in [0.4, 0.5) is 5.82 Å². The average molecular weight is 228 g/mol. The van der Waals surface area contributed by atoms with Crippen molar-refractivity contribution in [2.45, 2.75) is 0 Å². The number of nitrogens with zero attached hydrogens (tertiary/aromatic N) is 3. The third-order valence-electron chi connectivity index (χ3n) is 2.29. The molecule has 0 aromatic carbocycles. The fourth-order valence-electron chi connectivity index (χ4n) is 1.50. The molecular weight excluding hydrogens is 220 g/mol. The molecule has 3 heterocycles. The Morgan fingerprint density at radius 1 is 1.12 bits per heavy atom. The molecule has 0 radical (unpaired) electrons. The molecule has 0 spiro atoms. The van der Waals surface area contributed by atoms with E-state index in [4.69, 9.17) is 5.73 Å². The largest absolute Gasteiger partial charge is 0.384 e. The highest BCUT2D eigenvalue weighted by atomic mass is 16.1. The molecule has 17 heavy (non-hydrogen) atoms. The molecule has 7 nitrogen and oxygen atoms in total. The number of nitrogen functional groups attached to an aromatic ring is 1. The summed E-state index contributed by atoms with van der Waals surface area (Å²) in [6.07, 6.45) is 0. The number of fused-ring (bicyclic) bond motifs is 1. The molecule has 0 unspecified atom stereocenters. The first-order chi connectivity index (χ1) is 8.22. The number of aromatic nitrogens is 5. The quantitative estimate of drug-likeness (QED) is 0.554. The molecule has 84 valence electrons. The maximum atomic E-state index is 10.9. The van der Waals surface area contributed by atoms with Crippen LogP contribution in [0.25, 0.3) is 22.7 Å². The van der Waals surface area contributed by atoms with Crippen molar-refractivity contribution in [3.63, 3.8) is 0 Å². The maximum absolute atomic E-state index is 10.9. The molecule has 0 aliphatic carbocycles. The van der Waals surface area contributed by atoms with E-state index < -0.39 is 0 Å². The monoisotopic (exact) mass is 228 g/mol. The second-order valence-electron chi connectivity index (χ2n) is 3.50. The highest BCUT2D eigenvalue weighted by Gasteiger charge is 2.07. The number of H-pyrrole nitrogens is 2. The number of hydrogen-bond acceptors (Lipinski definition) is 5. The Morgan fingerprint density at radius 3 is 2.76 bits per heavy atom. The summed E-state index contributed by atoms with van der Waals surface area (Å²) >= 11 is 0. The van der Waals surface area contributed by atoms with Crippen LogP contribution in [0.3, 0.4) is 0 Å². The van der Waals surface area contributed by atoms with E-state index in [0.29, 0.717) is 23.0 Å². The van der Waals surface area contributed by atoms with Crippen LogP contribution in [-0.4, -0.2) is 25.1 Å². The van der Waals surface area contributed by atoms with Crippen molar-refractivity contribution in [2.24, 2.45) is 0 Å². The van der Waals surface area contributed by atoms with Crippen molar-refractivity contribution >= 4 is 17.0 Å². The molecule has 0 amide bonds. The smallest absolute Gasteiger partial charge is 0.264 e. The first kappa shape index (κ1) is 9.52. The van der Waals surface area contributed by atoms with Gasteiger partial charge in [-0.1, -0.05) is 0 Å². The number of nitrogens with two attached hydrogens (primary N) is 1. The fraction of sp³-hybridized carbons (Fsp3) is 0. The number of aromatic amines is 2. The van der Waals surface area contributed by atoms with Gasteiger partial charge in [-0.3, -0.25) is 4.79 Å². The molecule has 3 aromatic heterocycles. The second-order valence-corrected chi connectivity index (χ2v) is 3.50. The predicted octanol–water partition coefficient (Wildman–Crippen LogP) is 0.290. The zero-order chi connectivity index (χ0) is 11.8. The van der Waals surface area contributed by atoms with E-state index in [1.807, 2.05) is 0 Å². The van der Waals surface area contributed by atoms with E-state index in [9.17, 15) is 4.79 Å². The standard InChI is InChI=1S/C10H8N6O/c11-7-3-1-5-9(13-7)14-10(12-5)6-2-4-8(17)16-15-6/h1-4H,(H,16,17)(H3,11,12,13,14).